The number of hydrogen-bond donors (Lipinski definition) is 0. The van der Waals surface area contributed by atoms with Crippen molar-refractivity contribution in [2.45, 2.75) is 0 Å². The molecule has 1 aromatic rings. The minimum Gasteiger partial charge on any atom is -0.289 e. The van der Waals surface area contributed by atoms with Crippen molar-refractivity contribution in [3.05, 3.63) is 45.6 Å². The van der Waals surface area contributed by atoms with Gasteiger partial charge < -0.3 is 0 Å². The Morgan fingerprint density at radius 3 is 2.89 bits per heavy atom. The standard InChI is InChI=1S/C7H4ClO/c8-6-2-1-3-7(9)5-4-6/h1-2,4-5H. The van der Waals surface area contributed by atoms with Crippen LogP contribution >= 0.6 is 11.6 Å². The molecule has 0 aromatic heterocycles. The van der Waals surface area contributed by atoms with Crippen LogP contribution in [0.5, 0.6) is 0 Å². The second kappa shape index (κ2) is 2.65. The van der Waals surface area contributed by atoms with Gasteiger partial charge in [0, 0.05) is 11.1 Å². The van der Waals surface area contributed by atoms with Gasteiger partial charge in [0.15, 0.2) is 5.43 Å². The predicted octanol–water partition coefficient (Wildman–Crippen LogP) is 1.50. The Hall–Kier alpha value is -0.820. The van der Waals surface area contributed by atoms with Gasteiger partial charge in [-0.25, -0.2) is 0 Å². The Bertz CT molecular complexity index is 257. The highest BCUT2D eigenvalue weighted by atomic mass is 35.5. The van der Waals surface area contributed by atoms with Crippen molar-refractivity contribution in [1.29, 1.82) is 0 Å². The van der Waals surface area contributed by atoms with Crippen molar-refractivity contribution in [3.63, 3.8) is 0 Å². The molecule has 0 aliphatic rings. The van der Waals surface area contributed by atoms with E-state index in [4.69, 9.17) is 11.6 Å². The van der Waals surface area contributed by atoms with Gasteiger partial charge in [-0.3, -0.25) is 4.79 Å². The first-order valence-electron chi connectivity index (χ1n) is 2.46. The van der Waals surface area contributed by atoms with Gasteiger partial charge >= 0.3 is 0 Å². The van der Waals surface area contributed by atoms with E-state index in [9.17, 15) is 4.79 Å². The molecule has 0 heterocycles. The van der Waals surface area contributed by atoms with Gasteiger partial charge in [0.1, 0.15) is 0 Å². The van der Waals surface area contributed by atoms with Crippen LogP contribution in [0.25, 0.3) is 0 Å². The third kappa shape index (κ3) is 1.86. The molecule has 0 bridgehead atoms. The minimum atomic E-state index is -0.151. The lowest BCUT2D eigenvalue weighted by atomic mass is 10.5. The molecule has 0 aliphatic heterocycles. The highest BCUT2D eigenvalue weighted by molar-refractivity contribution is 6.30. The number of rotatable bonds is 0. The first-order chi connectivity index (χ1) is 4.29. The van der Waals surface area contributed by atoms with E-state index in [0.29, 0.717) is 5.02 Å². The molecular weight excluding hydrogens is 136 g/mol. The Morgan fingerprint density at radius 1 is 1.33 bits per heavy atom. The lowest BCUT2D eigenvalue weighted by Crippen LogP contribution is -1.88. The number of halogens is 1. The highest BCUT2D eigenvalue weighted by Crippen LogP contribution is 2.00. The van der Waals surface area contributed by atoms with Crippen LogP contribution in [0.3, 0.4) is 0 Å². The normalized spacial score (nSPS) is 9.00. The van der Waals surface area contributed by atoms with Gasteiger partial charge in [-0.15, -0.1) is 0 Å². The van der Waals surface area contributed by atoms with E-state index in [0.717, 1.165) is 0 Å². The van der Waals surface area contributed by atoms with E-state index in [-0.39, 0.29) is 5.43 Å². The van der Waals surface area contributed by atoms with Crippen LogP contribution < -0.4 is 5.43 Å². The summed E-state index contributed by atoms with van der Waals surface area (Å²) in [6.07, 6.45) is 0. The Kier molecular flexibility index (Phi) is 1.85. The smallest absolute Gasteiger partial charge is 0.186 e. The summed E-state index contributed by atoms with van der Waals surface area (Å²) < 4.78 is 0. The van der Waals surface area contributed by atoms with Crippen LogP contribution in [0, 0.1) is 6.07 Å². The maximum absolute atomic E-state index is 10.5. The van der Waals surface area contributed by atoms with Crippen molar-refractivity contribution >= 4 is 11.6 Å². The van der Waals surface area contributed by atoms with E-state index >= 15 is 0 Å². The maximum atomic E-state index is 10.5. The average Bonchev–Trinajstić information content (AvgIpc) is 1.97. The van der Waals surface area contributed by atoms with Gasteiger partial charge in [-0.2, -0.15) is 0 Å². The first kappa shape index (κ1) is 6.30. The monoisotopic (exact) mass is 139 g/mol. The molecule has 0 aliphatic carbocycles. The molecule has 0 saturated heterocycles. The molecule has 1 nitrogen and oxygen atoms in total. The van der Waals surface area contributed by atoms with E-state index in [1.165, 1.54) is 12.1 Å². The molecule has 1 aromatic carbocycles. The fourth-order valence-corrected chi connectivity index (χ4v) is 0.588. The second-order valence-electron chi connectivity index (χ2n) is 1.56. The molecule has 0 spiro atoms. The first-order valence-corrected chi connectivity index (χ1v) is 2.84. The second-order valence-corrected chi connectivity index (χ2v) is 2.00. The summed E-state index contributed by atoms with van der Waals surface area (Å²) in [5.74, 6) is 0. The van der Waals surface area contributed by atoms with Gasteiger partial charge in [-0.1, -0.05) is 11.6 Å². The fourth-order valence-electron chi connectivity index (χ4n) is 0.462. The maximum Gasteiger partial charge on any atom is 0.186 e. The predicted molar refractivity (Wildman–Crippen MR) is 36.6 cm³/mol. The third-order valence-corrected chi connectivity index (χ3v) is 1.11. The van der Waals surface area contributed by atoms with E-state index in [2.05, 4.69) is 6.07 Å². The summed E-state index contributed by atoms with van der Waals surface area (Å²) in [6, 6.07) is 8.50. The molecule has 0 unspecified atom stereocenters. The molecule has 9 heavy (non-hydrogen) atoms. The van der Waals surface area contributed by atoms with Gasteiger partial charge in [0.05, 0.1) is 0 Å². The molecule has 45 valence electrons. The van der Waals surface area contributed by atoms with Crippen molar-refractivity contribution in [1.82, 2.24) is 0 Å². The summed E-state index contributed by atoms with van der Waals surface area (Å²) in [6.45, 7) is 0. The molecular formula is C7H4ClO. The highest BCUT2D eigenvalue weighted by Gasteiger charge is 1.80. The molecule has 0 fully saturated rings. The van der Waals surface area contributed by atoms with Crippen LogP contribution in [0.1, 0.15) is 0 Å². The minimum absolute atomic E-state index is 0.151. The van der Waals surface area contributed by atoms with E-state index in [1.54, 1.807) is 12.1 Å². The van der Waals surface area contributed by atoms with E-state index < -0.39 is 0 Å². The van der Waals surface area contributed by atoms with Crippen LogP contribution in [-0.4, -0.2) is 0 Å². The molecule has 1 radical (unpaired) electrons. The van der Waals surface area contributed by atoms with Gasteiger partial charge in [0.25, 0.3) is 0 Å². The molecule has 1 rings (SSSR count). The fraction of sp³-hybridized carbons (Fsp3) is 0. The zero-order valence-corrected chi connectivity index (χ0v) is 5.35. The molecule has 0 amide bonds. The largest absolute Gasteiger partial charge is 0.289 e. The Balaban J connectivity index is 3.33. The van der Waals surface area contributed by atoms with Crippen molar-refractivity contribution in [3.8, 4) is 0 Å². The van der Waals surface area contributed by atoms with Gasteiger partial charge in [-0.05, 0) is 24.3 Å². The Morgan fingerprint density at radius 2 is 2.11 bits per heavy atom. The average molecular weight is 140 g/mol. The molecule has 2 heteroatoms. The SMILES string of the molecule is O=c1[c]ccc(Cl)cc1. The summed E-state index contributed by atoms with van der Waals surface area (Å²) in [5.41, 5.74) is -0.151. The van der Waals surface area contributed by atoms with Gasteiger partial charge in [0.2, 0.25) is 0 Å². The summed E-state index contributed by atoms with van der Waals surface area (Å²) in [5, 5.41) is 0.549. The lowest BCUT2D eigenvalue weighted by Gasteiger charge is -1.70. The van der Waals surface area contributed by atoms with E-state index in [1.807, 2.05) is 0 Å². The summed E-state index contributed by atoms with van der Waals surface area (Å²) in [7, 11) is 0. The van der Waals surface area contributed by atoms with Crippen molar-refractivity contribution in [2.24, 2.45) is 0 Å². The molecule has 0 atom stereocenters. The van der Waals surface area contributed by atoms with Crippen LogP contribution in [-0.2, 0) is 0 Å². The summed E-state index contributed by atoms with van der Waals surface area (Å²) >= 11 is 5.54. The zero-order valence-electron chi connectivity index (χ0n) is 4.60. The van der Waals surface area contributed by atoms with Crippen molar-refractivity contribution in [2.75, 3.05) is 0 Å². The lowest BCUT2D eigenvalue weighted by molar-refractivity contribution is 1.66. The summed E-state index contributed by atoms with van der Waals surface area (Å²) in [4.78, 5) is 10.5. The Labute approximate surface area is 57.9 Å². The third-order valence-electron chi connectivity index (χ3n) is 0.862. The molecule has 0 saturated carbocycles. The van der Waals surface area contributed by atoms with Crippen molar-refractivity contribution < 1.29 is 0 Å². The number of hydrogen-bond acceptors (Lipinski definition) is 1. The quantitative estimate of drug-likeness (QED) is 0.533. The van der Waals surface area contributed by atoms with Crippen LogP contribution in [0.2, 0.25) is 5.02 Å². The topological polar surface area (TPSA) is 17.1 Å². The zero-order chi connectivity index (χ0) is 6.69. The van der Waals surface area contributed by atoms with Crippen LogP contribution in [0.4, 0.5) is 0 Å². The molecule has 0 N–H and O–H groups in total. The van der Waals surface area contributed by atoms with Crippen LogP contribution in [0.15, 0.2) is 29.1 Å².